The maximum absolute atomic E-state index is 12.7. The maximum Gasteiger partial charge on any atom is 0.307 e. The zero-order valence-electron chi connectivity index (χ0n) is 16.8. The van der Waals surface area contributed by atoms with E-state index in [9.17, 15) is 18.0 Å². The van der Waals surface area contributed by atoms with Gasteiger partial charge in [-0.1, -0.05) is 48.5 Å². The summed E-state index contributed by atoms with van der Waals surface area (Å²) in [5.74, 6) is -0.838. The average molecular weight is 439 g/mol. The van der Waals surface area contributed by atoms with Gasteiger partial charge >= 0.3 is 5.97 Å². The van der Waals surface area contributed by atoms with Crippen molar-refractivity contribution in [3.63, 3.8) is 0 Å². The first-order valence-electron chi connectivity index (χ1n) is 9.49. The molecule has 3 rings (SSSR count). The number of methoxy groups -OCH3 is 1. The second kappa shape index (κ2) is 9.90. The molecular formula is C23H22N2O5S. The first-order valence-corrected chi connectivity index (χ1v) is 11.0. The van der Waals surface area contributed by atoms with Crippen LogP contribution in [-0.2, 0) is 19.6 Å². The monoisotopic (exact) mass is 438 g/mol. The Morgan fingerprint density at radius 2 is 1.45 bits per heavy atom. The van der Waals surface area contributed by atoms with Gasteiger partial charge < -0.3 is 10.1 Å². The maximum atomic E-state index is 12.7. The second-order valence-corrected chi connectivity index (χ2v) is 8.40. The minimum atomic E-state index is -3.72. The van der Waals surface area contributed by atoms with Crippen LogP contribution in [0.3, 0.4) is 0 Å². The fourth-order valence-corrected chi connectivity index (χ4v) is 4.01. The van der Waals surface area contributed by atoms with Gasteiger partial charge in [-0.05, 0) is 42.0 Å². The van der Waals surface area contributed by atoms with Crippen LogP contribution in [0.1, 0.15) is 28.4 Å². The van der Waals surface area contributed by atoms with Crippen molar-refractivity contribution < 1.29 is 22.7 Å². The number of anilines is 1. The molecule has 1 unspecified atom stereocenters. The zero-order chi connectivity index (χ0) is 22.3. The highest BCUT2D eigenvalue weighted by molar-refractivity contribution is 7.92. The molecule has 2 N–H and O–H groups in total. The lowest BCUT2D eigenvalue weighted by atomic mass is 10.0. The molecule has 0 bridgehead atoms. The van der Waals surface area contributed by atoms with E-state index in [1.54, 1.807) is 18.2 Å². The molecule has 7 nitrogen and oxygen atoms in total. The predicted octanol–water partition coefficient (Wildman–Crippen LogP) is 3.52. The third-order valence-corrected chi connectivity index (χ3v) is 5.96. The molecule has 0 aliphatic rings. The molecule has 0 saturated carbocycles. The Labute approximate surface area is 181 Å². The van der Waals surface area contributed by atoms with E-state index in [-0.39, 0.29) is 11.3 Å². The summed E-state index contributed by atoms with van der Waals surface area (Å²) in [7, 11) is -2.43. The predicted molar refractivity (Wildman–Crippen MR) is 117 cm³/mol. The molecule has 0 spiro atoms. The molecule has 0 aromatic heterocycles. The van der Waals surface area contributed by atoms with Crippen molar-refractivity contribution in [3.8, 4) is 0 Å². The Morgan fingerprint density at radius 1 is 0.871 bits per heavy atom. The smallest absolute Gasteiger partial charge is 0.307 e. The van der Waals surface area contributed by atoms with Crippen molar-refractivity contribution in [2.45, 2.75) is 17.4 Å². The number of amides is 1. The number of nitrogens with one attached hydrogen (secondary N) is 2. The van der Waals surface area contributed by atoms with Crippen molar-refractivity contribution in [3.05, 3.63) is 96.1 Å². The molecule has 0 heterocycles. The van der Waals surface area contributed by atoms with Crippen LogP contribution in [0.4, 0.5) is 5.69 Å². The van der Waals surface area contributed by atoms with E-state index >= 15 is 0 Å². The Balaban J connectivity index is 1.72. The highest BCUT2D eigenvalue weighted by Gasteiger charge is 2.20. The van der Waals surface area contributed by atoms with Crippen LogP contribution in [-0.4, -0.2) is 27.4 Å². The SMILES string of the molecule is COC(=O)CC(NC(=O)c1ccc(NS(=O)(=O)c2ccccc2)cc1)c1ccccc1. The van der Waals surface area contributed by atoms with E-state index in [0.717, 1.165) is 5.56 Å². The standard InChI is InChI=1S/C23H22N2O5S/c1-30-22(26)16-21(17-8-4-2-5-9-17)24-23(27)18-12-14-19(15-13-18)25-31(28,29)20-10-6-3-7-11-20/h2-15,21,25H,16H2,1H3,(H,24,27). The van der Waals surface area contributed by atoms with Crippen LogP contribution in [0.5, 0.6) is 0 Å². The summed E-state index contributed by atoms with van der Waals surface area (Å²) in [6.45, 7) is 0. The Bertz CT molecular complexity index is 1130. The van der Waals surface area contributed by atoms with Gasteiger partial charge in [-0.15, -0.1) is 0 Å². The molecule has 0 saturated heterocycles. The van der Waals surface area contributed by atoms with Crippen molar-refractivity contribution in [2.75, 3.05) is 11.8 Å². The van der Waals surface area contributed by atoms with E-state index in [0.29, 0.717) is 11.3 Å². The number of hydrogen-bond acceptors (Lipinski definition) is 5. The summed E-state index contributed by atoms with van der Waals surface area (Å²) in [6, 6.07) is 22.6. The van der Waals surface area contributed by atoms with E-state index in [2.05, 4.69) is 10.0 Å². The summed E-state index contributed by atoms with van der Waals surface area (Å²) in [4.78, 5) is 24.6. The lowest BCUT2D eigenvalue weighted by Gasteiger charge is -2.18. The van der Waals surface area contributed by atoms with Gasteiger partial charge in [0.15, 0.2) is 0 Å². The normalized spacial score (nSPS) is 11.9. The van der Waals surface area contributed by atoms with Crippen molar-refractivity contribution in [1.82, 2.24) is 5.32 Å². The van der Waals surface area contributed by atoms with Crippen LogP contribution >= 0.6 is 0 Å². The summed E-state index contributed by atoms with van der Waals surface area (Å²) in [5, 5.41) is 2.83. The number of sulfonamides is 1. The molecule has 0 fully saturated rings. The average Bonchev–Trinajstić information content (AvgIpc) is 2.80. The van der Waals surface area contributed by atoms with Crippen molar-refractivity contribution in [1.29, 1.82) is 0 Å². The molecule has 3 aromatic rings. The third-order valence-electron chi connectivity index (χ3n) is 4.56. The van der Waals surface area contributed by atoms with Gasteiger partial charge in [-0.25, -0.2) is 8.42 Å². The van der Waals surface area contributed by atoms with Gasteiger partial charge in [0.25, 0.3) is 15.9 Å². The molecule has 0 aliphatic heterocycles. The molecule has 0 radical (unpaired) electrons. The Morgan fingerprint density at radius 3 is 2.03 bits per heavy atom. The summed E-state index contributed by atoms with van der Waals surface area (Å²) >= 11 is 0. The molecule has 160 valence electrons. The highest BCUT2D eigenvalue weighted by Crippen LogP contribution is 2.20. The van der Waals surface area contributed by atoms with Crippen molar-refractivity contribution in [2.24, 2.45) is 0 Å². The van der Waals surface area contributed by atoms with Crippen molar-refractivity contribution >= 4 is 27.6 Å². The summed E-state index contributed by atoms with van der Waals surface area (Å²) in [6.07, 6.45) is -0.0127. The molecule has 8 heteroatoms. The van der Waals surface area contributed by atoms with E-state index in [4.69, 9.17) is 4.74 Å². The molecule has 0 aliphatic carbocycles. The number of esters is 1. The Hall–Kier alpha value is -3.65. The topological polar surface area (TPSA) is 102 Å². The van der Waals surface area contributed by atoms with Gasteiger partial charge in [-0.2, -0.15) is 0 Å². The van der Waals surface area contributed by atoms with E-state index in [1.807, 2.05) is 30.3 Å². The highest BCUT2D eigenvalue weighted by atomic mass is 32.2. The van der Waals surface area contributed by atoms with E-state index in [1.165, 1.54) is 43.5 Å². The van der Waals surface area contributed by atoms with Gasteiger partial charge in [0.1, 0.15) is 0 Å². The fourth-order valence-electron chi connectivity index (χ4n) is 2.93. The minimum Gasteiger partial charge on any atom is -0.469 e. The first kappa shape index (κ1) is 22.0. The molecule has 3 aromatic carbocycles. The molecule has 31 heavy (non-hydrogen) atoms. The van der Waals surface area contributed by atoms with Crippen LogP contribution in [0, 0.1) is 0 Å². The number of ether oxygens (including phenoxy) is 1. The first-order chi connectivity index (χ1) is 14.9. The summed E-state index contributed by atoms with van der Waals surface area (Å²) in [5.41, 5.74) is 1.43. The molecular weight excluding hydrogens is 416 g/mol. The number of hydrogen-bond donors (Lipinski definition) is 2. The van der Waals surface area contributed by atoms with E-state index < -0.39 is 27.9 Å². The molecule has 1 amide bonds. The molecule has 1 atom stereocenters. The number of benzene rings is 3. The number of carbonyl (C=O) groups excluding carboxylic acids is 2. The largest absolute Gasteiger partial charge is 0.469 e. The van der Waals surface area contributed by atoms with Gasteiger partial charge in [0, 0.05) is 11.3 Å². The quantitative estimate of drug-likeness (QED) is 0.524. The van der Waals surface area contributed by atoms with Gasteiger partial charge in [0.05, 0.1) is 24.5 Å². The van der Waals surface area contributed by atoms with Crippen LogP contribution in [0.15, 0.2) is 89.8 Å². The lowest BCUT2D eigenvalue weighted by Crippen LogP contribution is -2.30. The second-order valence-electron chi connectivity index (χ2n) is 6.71. The number of carbonyl (C=O) groups is 2. The zero-order valence-corrected chi connectivity index (χ0v) is 17.6. The third kappa shape index (κ3) is 5.93. The lowest BCUT2D eigenvalue weighted by molar-refractivity contribution is -0.141. The fraction of sp³-hybridized carbons (Fsp3) is 0.130. The van der Waals surface area contributed by atoms with Gasteiger partial charge in [0.2, 0.25) is 0 Å². The summed E-state index contributed by atoms with van der Waals surface area (Å²) < 4.78 is 32.1. The van der Waals surface area contributed by atoms with Gasteiger partial charge in [-0.3, -0.25) is 14.3 Å². The van der Waals surface area contributed by atoms with Crippen LogP contribution in [0.25, 0.3) is 0 Å². The van der Waals surface area contributed by atoms with Crippen LogP contribution in [0.2, 0.25) is 0 Å². The number of rotatable bonds is 8. The Kier molecular flexibility index (Phi) is 7.04. The van der Waals surface area contributed by atoms with Crippen LogP contribution < -0.4 is 10.0 Å². The minimum absolute atomic E-state index is 0.0127.